The van der Waals surface area contributed by atoms with Crippen molar-refractivity contribution in [2.45, 2.75) is 39.0 Å². The molecule has 0 aliphatic heterocycles. The van der Waals surface area contributed by atoms with Gasteiger partial charge in [0.15, 0.2) is 11.2 Å². The SMILES string of the molecule is Cc1ccccc1OCC(O)CNC(C)CCn1cnc2c1c(=O)n(C)c(=O)n2C. The van der Waals surface area contributed by atoms with Gasteiger partial charge in [0.2, 0.25) is 0 Å². The number of nitrogens with one attached hydrogen (secondary N) is 1. The molecular formula is C21H29N5O4. The Bertz CT molecular complexity index is 1130. The molecule has 2 N–H and O–H groups in total. The molecule has 1 aromatic carbocycles. The summed E-state index contributed by atoms with van der Waals surface area (Å²) in [4.78, 5) is 28.7. The summed E-state index contributed by atoms with van der Waals surface area (Å²) < 4.78 is 9.91. The van der Waals surface area contributed by atoms with Gasteiger partial charge in [-0.15, -0.1) is 0 Å². The van der Waals surface area contributed by atoms with Crippen LogP contribution < -0.4 is 21.3 Å². The van der Waals surface area contributed by atoms with Gasteiger partial charge in [-0.2, -0.15) is 0 Å². The summed E-state index contributed by atoms with van der Waals surface area (Å²) in [6.45, 7) is 5.15. The fourth-order valence-corrected chi connectivity index (χ4v) is 3.30. The Kier molecular flexibility index (Phi) is 6.73. The summed E-state index contributed by atoms with van der Waals surface area (Å²) in [6.07, 6.45) is 1.68. The van der Waals surface area contributed by atoms with Crippen LogP contribution in [0.15, 0.2) is 40.2 Å². The van der Waals surface area contributed by atoms with E-state index in [0.717, 1.165) is 22.3 Å². The second-order valence-corrected chi connectivity index (χ2v) is 7.64. The number of aliphatic hydroxyl groups excluding tert-OH is 1. The molecule has 2 heterocycles. The number of fused-ring (bicyclic) bond motifs is 1. The highest BCUT2D eigenvalue weighted by Gasteiger charge is 2.15. The largest absolute Gasteiger partial charge is 0.491 e. The number of hydrogen-bond donors (Lipinski definition) is 2. The Morgan fingerprint density at radius 2 is 1.93 bits per heavy atom. The van der Waals surface area contributed by atoms with Crippen LogP contribution in [0.25, 0.3) is 11.2 Å². The normalized spacial score (nSPS) is 13.5. The van der Waals surface area contributed by atoms with Gasteiger partial charge in [0, 0.05) is 33.2 Å². The Labute approximate surface area is 174 Å². The molecule has 0 saturated heterocycles. The van der Waals surface area contributed by atoms with Gasteiger partial charge >= 0.3 is 5.69 Å². The summed E-state index contributed by atoms with van der Waals surface area (Å²) in [6, 6.07) is 7.80. The maximum atomic E-state index is 12.5. The van der Waals surface area contributed by atoms with Crippen LogP contribution in [-0.4, -0.2) is 49.1 Å². The first-order chi connectivity index (χ1) is 14.3. The topological polar surface area (TPSA) is 103 Å². The van der Waals surface area contributed by atoms with E-state index >= 15 is 0 Å². The minimum Gasteiger partial charge on any atom is -0.491 e. The van der Waals surface area contributed by atoms with Gasteiger partial charge in [-0.3, -0.25) is 13.9 Å². The predicted molar refractivity (Wildman–Crippen MR) is 115 cm³/mol. The van der Waals surface area contributed by atoms with E-state index in [4.69, 9.17) is 4.74 Å². The highest BCUT2D eigenvalue weighted by Crippen LogP contribution is 2.16. The first-order valence-corrected chi connectivity index (χ1v) is 10.00. The van der Waals surface area contributed by atoms with Crippen LogP contribution in [0.5, 0.6) is 5.75 Å². The van der Waals surface area contributed by atoms with Gasteiger partial charge in [0.05, 0.1) is 6.33 Å². The number of aliphatic hydroxyl groups is 1. The van der Waals surface area contributed by atoms with Crippen molar-refractivity contribution in [1.82, 2.24) is 24.0 Å². The molecule has 0 aliphatic rings. The fourth-order valence-electron chi connectivity index (χ4n) is 3.30. The lowest BCUT2D eigenvalue weighted by Crippen LogP contribution is -2.38. The third-order valence-electron chi connectivity index (χ3n) is 5.25. The van der Waals surface area contributed by atoms with Crippen LogP contribution >= 0.6 is 0 Å². The number of ether oxygens (including phenoxy) is 1. The molecule has 0 radical (unpaired) electrons. The van der Waals surface area contributed by atoms with E-state index in [2.05, 4.69) is 10.3 Å². The van der Waals surface area contributed by atoms with Crippen molar-refractivity contribution in [3.8, 4) is 5.75 Å². The molecule has 162 valence electrons. The lowest BCUT2D eigenvalue weighted by Gasteiger charge is -2.18. The smallest absolute Gasteiger partial charge is 0.332 e. The fraction of sp³-hybridized carbons (Fsp3) is 0.476. The van der Waals surface area contributed by atoms with Gasteiger partial charge in [-0.25, -0.2) is 9.78 Å². The Hall–Kier alpha value is -2.91. The molecule has 9 nitrogen and oxygen atoms in total. The van der Waals surface area contributed by atoms with Crippen LogP contribution in [-0.2, 0) is 20.6 Å². The first kappa shape index (κ1) is 21.8. The van der Waals surface area contributed by atoms with Crippen molar-refractivity contribution < 1.29 is 9.84 Å². The average molecular weight is 415 g/mol. The zero-order chi connectivity index (χ0) is 21.8. The highest BCUT2D eigenvalue weighted by molar-refractivity contribution is 5.69. The number of nitrogens with zero attached hydrogens (tertiary/aromatic N) is 4. The monoisotopic (exact) mass is 415 g/mol. The van der Waals surface area contributed by atoms with E-state index in [0.29, 0.717) is 24.3 Å². The predicted octanol–water partition coefficient (Wildman–Crippen LogP) is 0.550. The summed E-state index contributed by atoms with van der Waals surface area (Å²) in [7, 11) is 3.07. The maximum absolute atomic E-state index is 12.5. The molecule has 3 aromatic rings. The second-order valence-electron chi connectivity index (χ2n) is 7.64. The Morgan fingerprint density at radius 3 is 2.67 bits per heavy atom. The zero-order valence-corrected chi connectivity index (χ0v) is 17.8. The van der Waals surface area contributed by atoms with Crippen molar-refractivity contribution in [3.63, 3.8) is 0 Å². The molecule has 0 fully saturated rings. The molecule has 30 heavy (non-hydrogen) atoms. The molecule has 2 aromatic heterocycles. The molecule has 0 spiro atoms. The maximum Gasteiger partial charge on any atom is 0.332 e. The van der Waals surface area contributed by atoms with E-state index in [9.17, 15) is 14.7 Å². The van der Waals surface area contributed by atoms with Crippen LogP contribution in [0.3, 0.4) is 0 Å². The van der Waals surface area contributed by atoms with Gasteiger partial charge < -0.3 is 19.7 Å². The van der Waals surface area contributed by atoms with Crippen LogP contribution in [0.4, 0.5) is 0 Å². The average Bonchev–Trinajstić information content (AvgIpc) is 3.17. The van der Waals surface area contributed by atoms with Crippen LogP contribution in [0.1, 0.15) is 18.9 Å². The number of aryl methyl sites for hydroxylation is 3. The molecule has 2 unspecified atom stereocenters. The van der Waals surface area contributed by atoms with Gasteiger partial charge in [-0.05, 0) is 31.9 Å². The first-order valence-electron chi connectivity index (χ1n) is 10.00. The molecule has 9 heteroatoms. The highest BCUT2D eigenvalue weighted by atomic mass is 16.5. The molecule has 0 aliphatic carbocycles. The van der Waals surface area contributed by atoms with Crippen molar-refractivity contribution in [2.75, 3.05) is 13.2 Å². The van der Waals surface area contributed by atoms with Gasteiger partial charge in [0.1, 0.15) is 18.5 Å². The van der Waals surface area contributed by atoms with Crippen molar-refractivity contribution in [1.29, 1.82) is 0 Å². The number of para-hydroxylation sites is 1. The second kappa shape index (κ2) is 9.27. The van der Waals surface area contributed by atoms with Crippen LogP contribution in [0.2, 0.25) is 0 Å². The number of imidazole rings is 1. The number of aromatic nitrogens is 4. The van der Waals surface area contributed by atoms with E-state index in [-0.39, 0.29) is 18.2 Å². The summed E-state index contributed by atoms with van der Waals surface area (Å²) in [5.41, 5.74) is 1.08. The molecule has 0 amide bonds. The summed E-state index contributed by atoms with van der Waals surface area (Å²) >= 11 is 0. The standard InChI is InChI=1S/C21H29N5O4/c1-14-7-5-6-8-17(14)30-12-16(27)11-22-15(2)9-10-26-13-23-19-18(26)20(28)25(4)21(29)24(19)3/h5-8,13,15-16,22,27H,9-12H2,1-4H3. The van der Waals surface area contributed by atoms with E-state index in [1.807, 2.05) is 38.1 Å². The quantitative estimate of drug-likeness (QED) is 0.529. The Morgan fingerprint density at radius 1 is 1.20 bits per heavy atom. The Balaban J connectivity index is 1.53. The number of benzene rings is 1. The van der Waals surface area contributed by atoms with Crippen molar-refractivity contribution >= 4 is 11.2 Å². The van der Waals surface area contributed by atoms with Crippen molar-refractivity contribution in [3.05, 3.63) is 57.0 Å². The third-order valence-corrected chi connectivity index (χ3v) is 5.25. The lowest BCUT2D eigenvalue weighted by molar-refractivity contribution is 0.103. The third kappa shape index (κ3) is 4.63. The molecule has 0 saturated carbocycles. The number of rotatable bonds is 9. The van der Waals surface area contributed by atoms with Crippen LogP contribution in [0, 0.1) is 6.92 Å². The molecular weight excluding hydrogens is 386 g/mol. The molecule has 2 atom stereocenters. The summed E-state index contributed by atoms with van der Waals surface area (Å²) in [5, 5.41) is 13.5. The number of hydrogen-bond acceptors (Lipinski definition) is 6. The molecule has 3 rings (SSSR count). The van der Waals surface area contributed by atoms with E-state index in [1.54, 1.807) is 17.9 Å². The minimum atomic E-state index is -0.636. The molecule has 0 bridgehead atoms. The van der Waals surface area contributed by atoms with Gasteiger partial charge in [-0.1, -0.05) is 18.2 Å². The lowest BCUT2D eigenvalue weighted by atomic mass is 10.2. The van der Waals surface area contributed by atoms with E-state index < -0.39 is 11.8 Å². The summed E-state index contributed by atoms with van der Waals surface area (Å²) in [5.74, 6) is 0.771. The zero-order valence-electron chi connectivity index (χ0n) is 17.8. The van der Waals surface area contributed by atoms with E-state index in [1.165, 1.54) is 11.6 Å². The van der Waals surface area contributed by atoms with Crippen molar-refractivity contribution in [2.24, 2.45) is 14.1 Å². The minimum absolute atomic E-state index is 0.104. The van der Waals surface area contributed by atoms with Gasteiger partial charge in [0.25, 0.3) is 5.56 Å².